The van der Waals surface area contributed by atoms with E-state index in [2.05, 4.69) is 62.0 Å². The molecule has 15 rings (SSSR count). The maximum Gasteiger partial charge on any atom is 0.268 e. The summed E-state index contributed by atoms with van der Waals surface area (Å²) in [5.41, 5.74) is 4.84. The number of benzene rings is 10. The average molecular weight is 1270 g/mol. The fraction of sp³-hybridized carbons (Fsp3) is 0.132. The third-order valence-electron chi connectivity index (χ3n) is 15.7. The molecule has 4 aromatic heterocycles. The Balaban J connectivity index is 0.00000807. The molecule has 0 N–H and O–H groups in total. The van der Waals surface area contributed by atoms with Crippen LogP contribution in [0.15, 0.2) is 211 Å². The van der Waals surface area contributed by atoms with Crippen molar-refractivity contribution in [1.82, 2.24) is 14.1 Å². The minimum atomic E-state index is -2.86. The quantitative estimate of drug-likeness (QED) is 0.123. The van der Waals surface area contributed by atoms with Gasteiger partial charge in [-0.05, 0) is 162 Å². The molecule has 0 atom stereocenters. The van der Waals surface area contributed by atoms with Gasteiger partial charge < -0.3 is 18.3 Å². The van der Waals surface area contributed by atoms with Gasteiger partial charge in [0.25, 0.3) is 6.33 Å². The zero-order valence-corrected chi connectivity index (χ0v) is 48.2. The van der Waals surface area contributed by atoms with Crippen molar-refractivity contribution in [3.05, 3.63) is 247 Å². The number of fused-ring (bicyclic) bond motifs is 13. The van der Waals surface area contributed by atoms with Crippen molar-refractivity contribution >= 4 is 54.8 Å². The van der Waals surface area contributed by atoms with Gasteiger partial charge in [0.05, 0.1) is 27.7 Å². The minimum absolute atomic E-state index is 0. The Hall–Kier alpha value is -9.09. The summed E-state index contributed by atoms with van der Waals surface area (Å²) in [5, 5.41) is 3.59. The Morgan fingerprint density at radius 3 is 1.98 bits per heavy atom. The summed E-state index contributed by atoms with van der Waals surface area (Å²) in [7, 11) is 0. The van der Waals surface area contributed by atoms with Gasteiger partial charge in [0.2, 0.25) is 0 Å². The molecule has 0 unspecified atom stereocenters. The van der Waals surface area contributed by atoms with Gasteiger partial charge >= 0.3 is 0 Å². The van der Waals surface area contributed by atoms with Gasteiger partial charge in [0.15, 0.2) is 0 Å². The summed E-state index contributed by atoms with van der Waals surface area (Å²) in [6.45, 7) is 6.48. The van der Waals surface area contributed by atoms with Crippen LogP contribution in [-0.4, -0.2) is 14.1 Å². The fourth-order valence-corrected chi connectivity index (χ4v) is 11.8. The molecule has 14 aromatic rings. The third-order valence-corrected chi connectivity index (χ3v) is 15.7. The molecular formula is C76H58N4O2Pt-2. The Kier molecular flexibility index (Phi) is 9.08. The van der Waals surface area contributed by atoms with Crippen LogP contribution >= 0.6 is 0 Å². The van der Waals surface area contributed by atoms with E-state index < -0.39 is 67.5 Å². The molecule has 406 valence electrons. The Morgan fingerprint density at radius 1 is 0.554 bits per heavy atom. The van der Waals surface area contributed by atoms with E-state index in [4.69, 9.17) is 22.4 Å². The minimum Gasteiger partial charge on any atom is -0.510 e. The van der Waals surface area contributed by atoms with Crippen molar-refractivity contribution in [1.29, 1.82) is 0 Å². The molecule has 1 aliphatic heterocycles. The second-order valence-electron chi connectivity index (χ2n) is 23.0. The van der Waals surface area contributed by atoms with Crippen molar-refractivity contribution in [2.45, 2.75) is 66.1 Å². The monoisotopic (exact) mass is 1270 g/mol. The number of rotatable bonds is 6. The zero-order chi connectivity index (χ0) is 67.7. The second kappa shape index (κ2) is 19.5. The summed E-state index contributed by atoms with van der Waals surface area (Å²) in [4.78, 5) is 4.87. The van der Waals surface area contributed by atoms with Gasteiger partial charge in [-0.3, -0.25) is 4.57 Å². The zero-order valence-electron chi connectivity index (χ0n) is 59.9. The van der Waals surface area contributed by atoms with Gasteiger partial charge in [-0.15, -0.1) is 29.7 Å². The van der Waals surface area contributed by atoms with Crippen LogP contribution in [0.1, 0.15) is 83.0 Å². The molecule has 0 bridgehead atoms. The van der Waals surface area contributed by atoms with Gasteiger partial charge in [0, 0.05) is 63.3 Å². The number of hydrogen-bond acceptors (Lipinski definition) is 3. The number of imidazole rings is 1. The van der Waals surface area contributed by atoms with Crippen molar-refractivity contribution in [2.75, 3.05) is 0 Å². The Labute approximate surface area is 517 Å². The molecule has 1 aliphatic rings. The summed E-state index contributed by atoms with van der Waals surface area (Å²) in [6.07, 6.45) is 5.49. The third kappa shape index (κ3) is 8.56. The van der Waals surface area contributed by atoms with Crippen LogP contribution in [0.4, 0.5) is 0 Å². The first-order valence-electron chi connectivity index (χ1n) is 34.1. The van der Waals surface area contributed by atoms with E-state index in [9.17, 15) is 11.0 Å². The predicted molar refractivity (Wildman–Crippen MR) is 335 cm³/mol. The topological polar surface area (TPSA) is 49.0 Å². The molecule has 0 radical (unpaired) electrons. The van der Waals surface area contributed by atoms with Crippen LogP contribution in [0.25, 0.3) is 128 Å². The van der Waals surface area contributed by atoms with E-state index in [-0.39, 0.29) is 93.6 Å². The van der Waals surface area contributed by atoms with E-state index >= 15 is 0 Å². The molecule has 6 nitrogen and oxygen atoms in total. The Morgan fingerprint density at radius 2 is 1.23 bits per heavy atom. The normalized spacial score (nSPS) is 15.0. The Bertz CT molecular complexity index is 5660. The predicted octanol–water partition coefficient (Wildman–Crippen LogP) is 19.3. The van der Waals surface area contributed by atoms with Crippen LogP contribution < -0.4 is 9.30 Å². The van der Waals surface area contributed by atoms with Gasteiger partial charge in [-0.25, -0.2) is 4.98 Å². The molecule has 5 heterocycles. The maximum absolute atomic E-state index is 10.1. The maximum atomic E-state index is 10.1. The summed E-state index contributed by atoms with van der Waals surface area (Å²) >= 11 is 0. The van der Waals surface area contributed by atoms with E-state index in [0.29, 0.717) is 56.1 Å². The SMILES string of the molecule is [2H]c1c([2H])c([2H])c2c(c1[2H])-c1cc(-c3c(C([2H])([2H])[2H])cccc3C([2H])([2H])[2H])cc(C(C)(C)C)c1-[n+]1[c-]n(-c3[c-]c(Oc4[c-]c5c(cc4)c4ccccc4n5-c4cc(C(C)(C)C)ccn4)ccc3)c3cc(-c4ccc5oc6ccccc6c5c4)cc(c31)-c1c([2H])c([2H])c([2H])c([2H])c1-2.[Pt]. The van der Waals surface area contributed by atoms with E-state index in [1.165, 1.54) is 24.3 Å². The van der Waals surface area contributed by atoms with Crippen LogP contribution in [0.5, 0.6) is 11.5 Å². The number of hydrogen-bond donors (Lipinski definition) is 0. The van der Waals surface area contributed by atoms with Crippen LogP contribution in [0.3, 0.4) is 0 Å². The van der Waals surface area contributed by atoms with E-state index in [1.54, 1.807) is 27.3 Å². The second-order valence-corrected chi connectivity index (χ2v) is 23.0. The average Bonchev–Trinajstić information content (AvgIpc) is 1.62. The first-order valence-corrected chi connectivity index (χ1v) is 27.1. The molecule has 0 spiro atoms. The van der Waals surface area contributed by atoms with Gasteiger partial charge in [-0.1, -0.05) is 168 Å². The molecule has 7 heteroatoms. The molecular weight excluding hydrogens is 1200 g/mol. The number of nitrogens with zero attached hydrogens (tertiary/aromatic N) is 4. The van der Waals surface area contributed by atoms with E-state index in [0.717, 1.165) is 38.1 Å². The summed E-state index contributed by atoms with van der Waals surface area (Å²) in [5.74, 6) is 1.36. The first kappa shape index (κ1) is 38.6. The van der Waals surface area contributed by atoms with E-state index in [1.807, 2.05) is 118 Å². The summed E-state index contributed by atoms with van der Waals surface area (Å²) < 4.78 is 149. The molecule has 0 saturated heterocycles. The van der Waals surface area contributed by atoms with Gasteiger partial charge in [0.1, 0.15) is 17.0 Å². The molecule has 0 fully saturated rings. The standard InChI is InChI=1S/C76H58N4O2.Pt/c1-46-19-17-20-47(2)72(46)50-39-63-57-25-11-9-23-55(57)56-24-10-12-26-58(56)64-38-49(48-31-34-70-62(37-48)61-28-14-16-30-69(61)82-70)41-68-74(64)79(73(63)65(40-50)76(6,7)8)45-78(68)52-21-18-22-53(43-52)81-54-32-33-60-59-27-13-15-29-66(59)80(67(60)44-54)71-42-51(35-36-77-71)75(3,4)5;/h9-42H,1-8H3;/q-2;/i1D3,2D3,9D,10D,11D,12D,23D,24D,25D,26D;. The fourth-order valence-electron chi connectivity index (χ4n) is 11.8. The molecule has 0 aliphatic carbocycles. The first-order chi connectivity index (χ1) is 45.5. The number of aromatic nitrogens is 4. The largest absolute Gasteiger partial charge is 0.510 e. The number of para-hydroxylation sites is 2. The van der Waals surface area contributed by atoms with Gasteiger partial charge in [-0.2, -0.15) is 18.2 Å². The molecule has 83 heavy (non-hydrogen) atoms. The van der Waals surface area contributed by atoms with Crippen molar-refractivity contribution in [3.63, 3.8) is 0 Å². The van der Waals surface area contributed by atoms with Crippen LogP contribution in [0.2, 0.25) is 0 Å². The number of furan rings is 1. The van der Waals surface area contributed by atoms with Crippen LogP contribution in [-0.2, 0) is 31.9 Å². The number of pyridine rings is 1. The molecule has 10 aromatic carbocycles. The smallest absolute Gasteiger partial charge is 0.268 e. The van der Waals surface area contributed by atoms with Crippen molar-refractivity contribution < 1.29 is 54.0 Å². The molecule has 0 saturated carbocycles. The molecule has 0 amide bonds. The summed E-state index contributed by atoms with van der Waals surface area (Å²) in [6, 6.07) is 48.1. The van der Waals surface area contributed by atoms with Crippen molar-refractivity contribution in [2.24, 2.45) is 0 Å². The van der Waals surface area contributed by atoms with Crippen LogP contribution in [0, 0.1) is 32.2 Å². The van der Waals surface area contributed by atoms with Crippen molar-refractivity contribution in [3.8, 4) is 84.3 Å². The number of aryl methyl sites for hydroxylation is 2. The number of ether oxygens (including phenoxy) is 1.